The van der Waals surface area contributed by atoms with Gasteiger partial charge in [-0.25, -0.2) is 4.79 Å². The van der Waals surface area contributed by atoms with Crippen LogP contribution in [0.15, 0.2) is 12.1 Å². The van der Waals surface area contributed by atoms with Crippen molar-refractivity contribution >= 4 is 5.97 Å². The van der Waals surface area contributed by atoms with Crippen LogP contribution in [0.2, 0.25) is 0 Å². The van der Waals surface area contributed by atoms with Crippen LogP contribution in [0.1, 0.15) is 65.6 Å². The summed E-state index contributed by atoms with van der Waals surface area (Å²) in [6.07, 6.45) is 0. The summed E-state index contributed by atoms with van der Waals surface area (Å²) in [7, 11) is 0. The van der Waals surface area contributed by atoms with Crippen LogP contribution < -0.4 is 0 Å². The van der Waals surface area contributed by atoms with Crippen LogP contribution in [0, 0.1) is 0 Å². The Labute approximate surface area is 124 Å². The molecule has 5 heteroatoms. The van der Waals surface area contributed by atoms with Gasteiger partial charge in [-0.2, -0.15) is 0 Å². The van der Waals surface area contributed by atoms with Crippen LogP contribution in [0.5, 0.6) is 0 Å². The molecule has 118 valence electrons. The minimum absolute atomic E-state index is 0.0493. The van der Waals surface area contributed by atoms with Crippen molar-refractivity contribution in [3.63, 3.8) is 0 Å². The molecule has 1 aromatic rings. The summed E-state index contributed by atoms with van der Waals surface area (Å²) in [6, 6.07) is 3.47. The predicted octanol–water partition coefficient (Wildman–Crippen LogP) is 1.67. The molecule has 0 aliphatic carbocycles. The number of hydrogen-bond donors (Lipinski definition) is 4. The molecule has 4 N–H and O–H groups in total. The first kappa shape index (κ1) is 17.6. The highest BCUT2D eigenvalue weighted by atomic mass is 16.4. The molecule has 0 saturated carbocycles. The molecule has 0 radical (unpaired) electrons. The van der Waals surface area contributed by atoms with Gasteiger partial charge in [0.2, 0.25) is 0 Å². The third kappa shape index (κ3) is 3.81. The van der Waals surface area contributed by atoms with Crippen LogP contribution in [-0.2, 0) is 0 Å². The lowest BCUT2D eigenvalue weighted by Gasteiger charge is -2.22. The summed E-state index contributed by atoms with van der Waals surface area (Å²) in [5.41, 5.74) is 2.04. The highest BCUT2D eigenvalue weighted by Gasteiger charge is 2.24. The quantitative estimate of drug-likeness (QED) is 0.613. The Bertz CT molecular complexity index is 466. The average molecular weight is 296 g/mol. The molecule has 1 aromatic carbocycles. The largest absolute Gasteiger partial charge is 0.478 e. The first-order chi connectivity index (χ1) is 9.87. The standard InChI is InChI=1S/C16H24O5/c1-9(6-17)12-4-13(10(2)7-18)15(16(20)21)14(5-12)11(3)8-19/h4-5,9-11,17-19H,6-8H2,1-3H3,(H,20,21). The Morgan fingerprint density at radius 2 is 1.29 bits per heavy atom. The molecule has 21 heavy (non-hydrogen) atoms. The van der Waals surface area contributed by atoms with E-state index in [2.05, 4.69) is 0 Å². The van der Waals surface area contributed by atoms with Crippen molar-refractivity contribution in [3.05, 3.63) is 34.4 Å². The zero-order valence-electron chi connectivity index (χ0n) is 12.7. The van der Waals surface area contributed by atoms with Crippen LogP contribution in [0.3, 0.4) is 0 Å². The Kier molecular flexibility index (Phi) is 6.33. The van der Waals surface area contributed by atoms with E-state index in [0.29, 0.717) is 11.1 Å². The van der Waals surface area contributed by atoms with Crippen LogP contribution in [0.4, 0.5) is 0 Å². The molecule has 0 fully saturated rings. The van der Waals surface area contributed by atoms with Crippen LogP contribution in [-0.4, -0.2) is 46.2 Å². The highest BCUT2D eigenvalue weighted by molar-refractivity contribution is 5.92. The molecule has 0 saturated heterocycles. The van der Waals surface area contributed by atoms with Gasteiger partial charge in [-0.1, -0.05) is 32.9 Å². The topological polar surface area (TPSA) is 98.0 Å². The second-order valence-electron chi connectivity index (χ2n) is 5.63. The minimum atomic E-state index is -1.07. The summed E-state index contributed by atoms with van der Waals surface area (Å²) in [4.78, 5) is 11.6. The van der Waals surface area contributed by atoms with Gasteiger partial charge in [0.1, 0.15) is 0 Å². The van der Waals surface area contributed by atoms with Gasteiger partial charge < -0.3 is 20.4 Å². The molecule has 3 unspecified atom stereocenters. The maximum Gasteiger partial charge on any atom is 0.336 e. The van der Waals surface area contributed by atoms with Gasteiger partial charge in [0.05, 0.1) is 5.56 Å². The molecule has 3 atom stereocenters. The zero-order chi connectivity index (χ0) is 16.2. The van der Waals surface area contributed by atoms with Gasteiger partial charge in [0, 0.05) is 37.6 Å². The van der Waals surface area contributed by atoms with Crippen molar-refractivity contribution in [2.45, 2.75) is 38.5 Å². The van der Waals surface area contributed by atoms with E-state index < -0.39 is 5.97 Å². The van der Waals surface area contributed by atoms with Gasteiger partial charge in [-0.05, 0) is 16.7 Å². The van der Waals surface area contributed by atoms with Gasteiger partial charge in [0.25, 0.3) is 0 Å². The molecule has 0 amide bonds. The number of carbonyl (C=O) groups is 1. The van der Waals surface area contributed by atoms with E-state index in [-0.39, 0.29) is 43.1 Å². The number of carboxylic acid groups (broad SMARTS) is 1. The average Bonchev–Trinajstić information content (AvgIpc) is 2.50. The fraction of sp³-hybridized carbons (Fsp3) is 0.562. The van der Waals surface area contributed by atoms with E-state index >= 15 is 0 Å². The first-order valence-electron chi connectivity index (χ1n) is 7.10. The molecule has 5 nitrogen and oxygen atoms in total. The Morgan fingerprint density at radius 3 is 1.57 bits per heavy atom. The first-order valence-corrected chi connectivity index (χ1v) is 7.10. The third-order valence-electron chi connectivity index (χ3n) is 3.89. The van der Waals surface area contributed by atoms with E-state index in [1.165, 1.54) is 0 Å². The van der Waals surface area contributed by atoms with E-state index in [1.54, 1.807) is 26.0 Å². The van der Waals surface area contributed by atoms with Gasteiger partial charge >= 0.3 is 5.97 Å². The zero-order valence-corrected chi connectivity index (χ0v) is 12.7. The summed E-state index contributed by atoms with van der Waals surface area (Å²) < 4.78 is 0. The molecule has 1 rings (SSSR count). The van der Waals surface area contributed by atoms with Crippen LogP contribution >= 0.6 is 0 Å². The van der Waals surface area contributed by atoms with E-state index in [1.807, 2.05) is 6.92 Å². The SMILES string of the molecule is CC(CO)c1cc(C(C)CO)c(C(=O)O)c(C(C)CO)c1. The number of rotatable bonds is 7. The van der Waals surface area contributed by atoms with E-state index in [4.69, 9.17) is 0 Å². The van der Waals surface area contributed by atoms with Crippen molar-refractivity contribution in [3.8, 4) is 0 Å². The lowest BCUT2D eigenvalue weighted by Crippen LogP contribution is -2.16. The molecular formula is C16H24O5. The number of aromatic carboxylic acids is 1. The fourth-order valence-corrected chi connectivity index (χ4v) is 2.32. The Hall–Kier alpha value is -1.43. The molecule has 0 aliphatic heterocycles. The predicted molar refractivity (Wildman–Crippen MR) is 79.9 cm³/mol. The highest BCUT2D eigenvalue weighted by Crippen LogP contribution is 2.32. The van der Waals surface area contributed by atoms with Crippen LogP contribution in [0.25, 0.3) is 0 Å². The van der Waals surface area contributed by atoms with Gasteiger partial charge in [0.15, 0.2) is 0 Å². The lowest BCUT2D eigenvalue weighted by atomic mass is 9.83. The summed E-state index contributed by atoms with van der Waals surface area (Å²) in [5.74, 6) is -1.86. The second-order valence-corrected chi connectivity index (χ2v) is 5.63. The number of aliphatic hydroxyl groups excluding tert-OH is 3. The molecular weight excluding hydrogens is 272 g/mol. The lowest BCUT2D eigenvalue weighted by molar-refractivity contribution is 0.0692. The van der Waals surface area contributed by atoms with Crippen molar-refractivity contribution in [2.75, 3.05) is 19.8 Å². The van der Waals surface area contributed by atoms with Crippen molar-refractivity contribution in [1.29, 1.82) is 0 Å². The number of aliphatic hydroxyl groups is 3. The van der Waals surface area contributed by atoms with Gasteiger partial charge in [-0.3, -0.25) is 0 Å². The minimum Gasteiger partial charge on any atom is -0.478 e. The van der Waals surface area contributed by atoms with Crippen molar-refractivity contribution in [2.24, 2.45) is 0 Å². The normalized spacial score (nSPS) is 15.5. The van der Waals surface area contributed by atoms with Crippen molar-refractivity contribution < 1.29 is 25.2 Å². The van der Waals surface area contributed by atoms with Crippen molar-refractivity contribution in [1.82, 2.24) is 0 Å². The monoisotopic (exact) mass is 296 g/mol. The Morgan fingerprint density at radius 1 is 0.905 bits per heavy atom. The number of benzene rings is 1. The number of carboxylic acids is 1. The maximum atomic E-state index is 11.6. The van der Waals surface area contributed by atoms with Gasteiger partial charge in [-0.15, -0.1) is 0 Å². The maximum absolute atomic E-state index is 11.6. The smallest absolute Gasteiger partial charge is 0.336 e. The summed E-state index contributed by atoms with van der Waals surface area (Å²) in [6.45, 7) is 4.97. The van der Waals surface area contributed by atoms with E-state index in [9.17, 15) is 25.2 Å². The third-order valence-corrected chi connectivity index (χ3v) is 3.89. The summed E-state index contributed by atoms with van der Waals surface area (Å²) in [5, 5.41) is 37.6. The number of hydrogen-bond acceptors (Lipinski definition) is 4. The Balaban J connectivity index is 3.61. The van der Waals surface area contributed by atoms with E-state index in [0.717, 1.165) is 5.56 Å². The second kappa shape index (κ2) is 7.54. The molecule has 0 spiro atoms. The summed E-state index contributed by atoms with van der Waals surface area (Å²) >= 11 is 0. The molecule has 0 heterocycles. The molecule has 0 aliphatic rings. The molecule has 0 bridgehead atoms. The molecule has 0 aromatic heterocycles. The fourth-order valence-electron chi connectivity index (χ4n) is 2.32.